The maximum Gasteiger partial charge on any atom is 0.0334 e. The number of benzene rings is 1. The molecule has 0 atom stereocenters. The van der Waals surface area contributed by atoms with E-state index in [1.807, 2.05) is 18.4 Å². The maximum absolute atomic E-state index is 3.20. The zero-order chi connectivity index (χ0) is 14.5. The zero-order valence-electron chi connectivity index (χ0n) is 12.7. The summed E-state index contributed by atoms with van der Waals surface area (Å²) in [4.78, 5) is 4.11. The van der Waals surface area contributed by atoms with E-state index in [9.17, 15) is 0 Å². The SMILES string of the molecule is CNCCc1ccc(CN(Cc2cccs2)C2CC2)cc1. The maximum atomic E-state index is 3.20. The fourth-order valence-corrected chi connectivity index (χ4v) is 3.40. The lowest BCUT2D eigenvalue weighted by atomic mass is 10.1. The van der Waals surface area contributed by atoms with Crippen LogP contribution in [0.5, 0.6) is 0 Å². The van der Waals surface area contributed by atoms with Gasteiger partial charge in [0.1, 0.15) is 0 Å². The van der Waals surface area contributed by atoms with E-state index in [1.54, 1.807) is 0 Å². The van der Waals surface area contributed by atoms with Crippen molar-refractivity contribution in [3.8, 4) is 0 Å². The molecule has 21 heavy (non-hydrogen) atoms. The van der Waals surface area contributed by atoms with Gasteiger partial charge in [0.2, 0.25) is 0 Å². The molecule has 3 rings (SSSR count). The second-order valence-corrected chi connectivity index (χ2v) is 6.92. The smallest absolute Gasteiger partial charge is 0.0334 e. The summed E-state index contributed by atoms with van der Waals surface area (Å²) in [5, 5.41) is 5.38. The molecule has 0 radical (unpaired) electrons. The second-order valence-electron chi connectivity index (χ2n) is 5.89. The number of hydrogen-bond acceptors (Lipinski definition) is 3. The zero-order valence-corrected chi connectivity index (χ0v) is 13.5. The van der Waals surface area contributed by atoms with E-state index in [2.05, 4.69) is 52.0 Å². The van der Waals surface area contributed by atoms with Crippen LogP contribution < -0.4 is 5.32 Å². The summed E-state index contributed by atoms with van der Waals surface area (Å²) in [6, 6.07) is 14.4. The van der Waals surface area contributed by atoms with Crippen LogP contribution in [0.25, 0.3) is 0 Å². The van der Waals surface area contributed by atoms with Gasteiger partial charge in [-0.25, -0.2) is 0 Å². The van der Waals surface area contributed by atoms with Crippen LogP contribution in [0.2, 0.25) is 0 Å². The molecule has 112 valence electrons. The summed E-state index contributed by atoms with van der Waals surface area (Å²) in [5.74, 6) is 0. The Morgan fingerprint density at radius 1 is 1.10 bits per heavy atom. The number of thiophene rings is 1. The van der Waals surface area contributed by atoms with Crippen LogP contribution in [0.4, 0.5) is 0 Å². The molecule has 0 amide bonds. The molecule has 1 saturated carbocycles. The van der Waals surface area contributed by atoms with Gasteiger partial charge < -0.3 is 5.32 Å². The van der Waals surface area contributed by atoms with Crippen LogP contribution in [0, 0.1) is 0 Å². The van der Waals surface area contributed by atoms with Gasteiger partial charge in [-0.05, 0) is 55.4 Å². The van der Waals surface area contributed by atoms with Crippen molar-refractivity contribution < 1.29 is 0 Å². The first-order chi connectivity index (χ1) is 10.3. The van der Waals surface area contributed by atoms with E-state index >= 15 is 0 Å². The van der Waals surface area contributed by atoms with E-state index in [0.717, 1.165) is 32.1 Å². The molecule has 0 spiro atoms. The highest BCUT2D eigenvalue weighted by atomic mass is 32.1. The average molecular weight is 300 g/mol. The van der Waals surface area contributed by atoms with Crippen LogP contribution >= 0.6 is 11.3 Å². The third-order valence-electron chi connectivity index (χ3n) is 4.07. The Morgan fingerprint density at radius 2 is 1.86 bits per heavy atom. The summed E-state index contributed by atoms with van der Waals surface area (Å²) in [7, 11) is 2.01. The van der Waals surface area contributed by atoms with Gasteiger partial charge >= 0.3 is 0 Å². The highest BCUT2D eigenvalue weighted by Gasteiger charge is 2.29. The quantitative estimate of drug-likeness (QED) is 0.800. The van der Waals surface area contributed by atoms with E-state index < -0.39 is 0 Å². The number of rotatable bonds is 8. The lowest BCUT2D eigenvalue weighted by molar-refractivity contribution is 0.248. The number of hydrogen-bond donors (Lipinski definition) is 1. The van der Waals surface area contributed by atoms with Crippen molar-refractivity contribution in [3.63, 3.8) is 0 Å². The molecule has 0 unspecified atom stereocenters. The monoisotopic (exact) mass is 300 g/mol. The Balaban J connectivity index is 1.60. The van der Waals surface area contributed by atoms with Gasteiger partial charge in [-0.1, -0.05) is 30.3 Å². The van der Waals surface area contributed by atoms with Gasteiger partial charge in [0.25, 0.3) is 0 Å². The van der Waals surface area contributed by atoms with Gasteiger partial charge in [0, 0.05) is 24.0 Å². The lowest BCUT2D eigenvalue weighted by Gasteiger charge is -2.21. The third kappa shape index (κ3) is 4.40. The summed E-state index contributed by atoms with van der Waals surface area (Å²) in [5.41, 5.74) is 2.86. The predicted octanol–water partition coefficient (Wildman–Crippen LogP) is 3.67. The molecule has 3 heteroatoms. The Kier molecular flexibility index (Phi) is 5.07. The number of nitrogens with zero attached hydrogens (tertiary/aromatic N) is 1. The highest BCUT2D eigenvalue weighted by molar-refractivity contribution is 7.09. The molecule has 2 nitrogen and oxygen atoms in total. The molecular formula is C18H24N2S. The van der Waals surface area contributed by atoms with Crippen LogP contribution in [-0.4, -0.2) is 24.5 Å². The number of likely N-dealkylation sites (N-methyl/N-ethyl adjacent to an activating group) is 1. The van der Waals surface area contributed by atoms with Crippen molar-refractivity contribution in [1.82, 2.24) is 10.2 Å². The fourth-order valence-electron chi connectivity index (χ4n) is 2.67. The van der Waals surface area contributed by atoms with Crippen molar-refractivity contribution in [2.24, 2.45) is 0 Å². The lowest BCUT2D eigenvalue weighted by Crippen LogP contribution is -2.24. The van der Waals surface area contributed by atoms with Gasteiger partial charge in [-0.3, -0.25) is 4.90 Å². The van der Waals surface area contributed by atoms with E-state index in [1.165, 1.54) is 28.8 Å². The van der Waals surface area contributed by atoms with E-state index in [-0.39, 0.29) is 0 Å². The minimum atomic E-state index is 0.802. The van der Waals surface area contributed by atoms with Crippen molar-refractivity contribution in [3.05, 3.63) is 57.8 Å². The molecule has 1 aliphatic carbocycles. The van der Waals surface area contributed by atoms with Crippen molar-refractivity contribution >= 4 is 11.3 Å². The molecule has 1 heterocycles. The fraction of sp³-hybridized carbons (Fsp3) is 0.444. The molecule has 1 aromatic heterocycles. The summed E-state index contributed by atoms with van der Waals surface area (Å²) >= 11 is 1.87. The molecule has 1 N–H and O–H groups in total. The van der Waals surface area contributed by atoms with Gasteiger partial charge in [0.15, 0.2) is 0 Å². The average Bonchev–Trinajstić information content (AvgIpc) is 3.24. The molecule has 1 fully saturated rings. The van der Waals surface area contributed by atoms with Crippen molar-refractivity contribution in [2.75, 3.05) is 13.6 Å². The normalized spacial score (nSPS) is 14.8. The first-order valence-electron chi connectivity index (χ1n) is 7.84. The molecule has 0 bridgehead atoms. The van der Waals surface area contributed by atoms with Crippen molar-refractivity contribution in [1.29, 1.82) is 0 Å². The Morgan fingerprint density at radius 3 is 2.48 bits per heavy atom. The molecule has 2 aromatic rings. The largest absolute Gasteiger partial charge is 0.319 e. The number of nitrogens with one attached hydrogen (secondary N) is 1. The first-order valence-corrected chi connectivity index (χ1v) is 8.72. The standard InChI is InChI=1S/C18H24N2S/c1-19-11-10-15-4-6-16(7-5-15)13-20(17-8-9-17)14-18-3-2-12-21-18/h2-7,12,17,19H,8-11,13-14H2,1H3. The Labute approximate surface area is 131 Å². The van der Waals surface area contributed by atoms with Gasteiger partial charge in [-0.2, -0.15) is 0 Å². The third-order valence-corrected chi connectivity index (χ3v) is 4.94. The minimum Gasteiger partial charge on any atom is -0.319 e. The van der Waals surface area contributed by atoms with Crippen LogP contribution in [-0.2, 0) is 19.5 Å². The van der Waals surface area contributed by atoms with E-state index in [4.69, 9.17) is 0 Å². The predicted molar refractivity (Wildman–Crippen MR) is 90.7 cm³/mol. The summed E-state index contributed by atoms with van der Waals surface area (Å²) in [6.45, 7) is 3.23. The summed E-state index contributed by atoms with van der Waals surface area (Å²) < 4.78 is 0. The Bertz CT molecular complexity index is 529. The van der Waals surface area contributed by atoms with E-state index in [0.29, 0.717) is 0 Å². The van der Waals surface area contributed by atoms with Gasteiger partial charge in [-0.15, -0.1) is 11.3 Å². The van der Waals surface area contributed by atoms with Gasteiger partial charge in [0.05, 0.1) is 0 Å². The first kappa shape index (κ1) is 14.8. The minimum absolute atomic E-state index is 0.802. The molecule has 0 saturated heterocycles. The summed E-state index contributed by atoms with van der Waals surface area (Å²) in [6.07, 6.45) is 3.84. The van der Waals surface area contributed by atoms with Crippen LogP contribution in [0.1, 0.15) is 28.8 Å². The van der Waals surface area contributed by atoms with Crippen LogP contribution in [0.3, 0.4) is 0 Å². The molecule has 0 aliphatic heterocycles. The topological polar surface area (TPSA) is 15.3 Å². The second kappa shape index (κ2) is 7.21. The molecular weight excluding hydrogens is 276 g/mol. The molecule has 1 aliphatic rings. The Hall–Kier alpha value is -1.16. The van der Waals surface area contributed by atoms with Crippen molar-refractivity contribution in [2.45, 2.75) is 38.4 Å². The van der Waals surface area contributed by atoms with Crippen LogP contribution in [0.15, 0.2) is 41.8 Å². The highest BCUT2D eigenvalue weighted by Crippen LogP contribution is 2.30. The molecule has 1 aromatic carbocycles.